The van der Waals surface area contributed by atoms with Crippen LogP contribution in [0.1, 0.15) is 46.1 Å². The van der Waals surface area contributed by atoms with Crippen molar-refractivity contribution in [3.63, 3.8) is 0 Å². The Morgan fingerprint density at radius 2 is 1.61 bits per heavy atom. The predicted octanol–water partition coefficient (Wildman–Crippen LogP) is 0.525. The van der Waals surface area contributed by atoms with Crippen LogP contribution in [0.15, 0.2) is 24.3 Å². The zero-order chi connectivity index (χ0) is 25.1. The Bertz CT molecular complexity index is 812. The highest BCUT2D eigenvalue weighted by atomic mass is 16.4. The molecule has 1 rings (SSSR count). The highest BCUT2D eigenvalue weighted by Crippen LogP contribution is 2.12. The van der Waals surface area contributed by atoms with Crippen LogP contribution in [0.3, 0.4) is 0 Å². The molecule has 0 aliphatic rings. The number of benzene rings is 1. The Kier molecular flexibility index (Phi) is 11.3. The van der Waals surface area contributed by atoms with Crippen molar-refractivity contribution in [1.29, 1.82) is 0 Å². The standard InChI is InChI=1S/C23H36N4O6/c1-5-14(4)20(23(32)33)27-19(29)12-25-22(31)18(11-15-6-8-16(28)9-7-15)26-21(30)17(24)10-13(2)3/h6-9,13-14,17-18,20,28H,5,10-12,24H2,1-4H3,(H,25,31)(H,26,30)(H,27,29)(H,32,33). The number of carboxylic acids is 1. The molecule has 0 aliphatic carbocycles. The molecule has 1 aromatic carbocycles. The molecule has 0 aliphatic heterocycles. The summed E-state index contributed by atoms with van der Waals surface area (Å²) >= 11 is 0. The summed E-state index contributed by atoms with van der Waals surface area (Å²) < 4.78 is 0. The number of carboxylic acid groups (broad SMARTS) is 1. The minimum atomic E-state index is -1.15. The van der Waals surface area contributed by atoms with Gasteiger partial charge in [0.2, 0.25) is 17.7 Å². The van der Waals surface area contributed by atoms with Gasteiger partial charge < -0.3 is 31.9 Å². The largest absolute Gasteiger partial charge is 0.508 e. The van der Waals surface area contributed by atoms with Crippen molar-refractivity contribution in [2.45, 2.75) is 65.1 Å². The number of hydrogen-bond acceptors (Lipinski definition) is 6. The second-order valence-corrected chi connectivity index (χ2v) is 8.65. The van der Waals surface area contributed by atoms with Crippen LogP contribution in [0.5, 0.6) is 5.75 Å². The Morgan fingerprint density at radius 3 is 2.12 bits per heavy atom. The molecule has 7 N–H and O–H groups in total. The van der Waals surface area contributed by atoms with E-state index in [0.717, 1.165) is 0 Å². The van der Waals surface area contributed by atoms with Gasteiger partial charge in [0, 0.05) is 6.42 Å². The molecule has 10 nitrogen and oxygen atoms in total. The van der Waals surface area contributed by atoms with E-state index in [4.69, 9.17) is 5.73 Å². The van der Waals surface area contributed by atoms with E-state index in [1.807, 2.05) is 20.8 Å². The lowest BCUT2D eigenvalue weighted by atomic mass is 9.99. The van der Waals surface area contributed by atoms with E-state index < -0.39 is 48.4 Å². The van der Waals surface area contributed by atoms with Crippen LogP contribution in [0.4, 0.5) is 0 Å². The summed E-state index contributed by atoms with van der Waals surface area (Å²) in [4.78, 5) is 48.9. The molecule has 10 heteroatoms. The van der Waals surface area contributed by atoms with E-state index in [9.17, 15) is 29.4 Å². The van der Waals surface area contributed by atoms with Crippen LogP contribution in [0.2, 0.25) is 0 Å². The lowest BCUT2D eigenvalue weighted by Crippen LogP contribution is -2.54. The van der Waals surface area contributed by atoms with Crippen molar-refractivity contribution < 1.29 is 29.4 Å². The third-order valence-corrected chi connectivity index (χ3v) is 5.29. The minimum Gasteiger partial charge on any atom is -0.508 e. The maximum atomic E-state index is 12.8. The number of phenols is 1. The van der Waals surface area contributed by atoms with Gasteiger partial charge in [-0.05, 0) is 36.0 Å². The summed E-state index contributed by atoms with van der Waals surface area (Å²) in [6.45, 7) is 6.93. The fourth-order valence-electron chi connectivity index (χ4n) is 3.17. The van der Waals surface area contributed by atoms with Crippen LogP contribution < -0.4 is 21.7 Å². The lowest BCUT2D eigenvalue weighted by molar-refractivity contribution is -0.143. The fourth-order valence-corrected chi connectivity index (χ4v) is 3.17. The highest BCUT2D eigenvalue weighted by molar-refractivity contribution is 5.92. The van der Waals surface area contributed by atoms with Gasteiger partial charge in [-0.1, -0.05) is 46.2 Å². The second kappa shape index (κ2) is 13.4. The van der Waals surface area contributed by atoms with E-state index in [1.165, 1.54) is 12.1 Å². The number of aromatic hydroxyl groups is 1. The zero-order valence-corrected chi connectivity index (χ0v) is 19.6. The molecule has 33 heavy (non-hydrogen) atoms. The molecule has 4 atom stereocenters. The van der Waals surface area contributed by atoms with Gasteiger partial charge in [0.15, 0.2) is 0 Å². The van der Waals surface area contributed by atoms with Gasteiger partial charge in [0.25, 0.3) is 0 Å². The normalized spacial score (nSPS) is 14.6. The van der Waals surface area contributed by atoms with Crippen LogP contribution in [0, 0.1) is 11.8 Å². The molecule has 1 aromatic rings. The molecule has 0 saturated heterocycles. The van der Waals surface area contributed by atoms with Gasteiger partial charge in [-0.3, -0.25) is 14.4 Å². The topological polar surface area (TPSA) is 171 Å². The summed E-state index contributed by atoms with van der Waals surface area (Å²) in [6, 6.07) is 3.28. The number of hydrogen-bond donors (Lipinski definition) is 6. The summed E-state index contributed by atoms with van der Waals surface area (Å²) in [5.74, 6) is -2.94. The number of carbonyl (C=O) groups is 4. The predicted molar refractivity (Wildman–Crippen MR) is 123 cm³/mol. The monoisotopic (exact) mass is 464 g/mol. The molecule has 0 saturated carbocycles. The smallest absolute Gasteiger partial charge is 0.326 e. The third kappa shape index (κ3) is 9.90. The minimum absolute atomic E-state index is 0.0636. The Morgan fingerprint density at radius 1 is 1.00 bits per heavy atom. The van der Waals surface area contributed by atoms with E-state index >= 15 is 0 Å². The second-order valence-electron chi connectivity index (χ2n) is 8.65. The SMILES string of the molecule is CCC(C)C(NC(=O)CNC(=O)C(Cc1ccc(O)cc1)NC(=O)C(N)CC(C)C)C(=O)O. The molecule has 184 valence electrons. The number of amides is 3. The van der Waals surface area contributed by atoms with Crippen LogP contribution in [-0.2, 0) is 25.6 Å². The van der Waals surface area contributed by atoms with Crippen LogP contribution >= 0.6 is 0 Å². The Hall–Kier alpha value is -3.14. The van der Waals surface area contributed by atoms with E-state index in [0.29, 0.717) is 18.4 Å². The quantitative estimate of drug-likeness (QED) is 0.247. The van der Waals surface area contributed by atoms with Crippen molar-refractivity contribution in [3.05, 3.63) is 29.8 Å². The Balaban J connectivity index is 2.85. The van der Waals surface area contributed by atoms with Gasteiger partial charge in [0.1, 0.15) is 17.8 Å². The molecule has 0 radical (unpaired) electrons. The maximum absolute atomic E-state index is 12.8. The summed E-state index contributed by atoms with van der Waals surface area (Å²) in [7, 11) is 0. The molecule has 4 unspecified atom stereocenters. The zero-order valence-electron chi connectivity index (χ0n) is 19.6. The first-order valence-corrected chi connectivity index (χ1v) is 11.1. The first kappa shape index (κ1) is 27.9. The van der Waals surface area contributed by atoms with Gasteiger partial charge in [-0.15, -0.1) is 0 Å². The van der Waals surface area contributed by atoms with Gasteiger partial charge in [-0.2, -0.15) is 0 Å². The lowest BCUT2D eigenvalue weighted by Gasteiger charge is -2.22. The summed E-state index contributed by atoms with van der Waals surface area (Å²) in [5.41, 5.74) is 6.61. The number of nitrogens with one attached hydrogen (secondary N) is 3. The fraction of sp³-hybridized carbons (Fsp3) is 0.565. The number of aliphatic carboxylic acids is 1. The summed E-state index contributed by atoms with van der Waals surface area (Å²) in [5, 5.41) is 26.3. The number of phenolic OH excluding ortho intramolecular Hbond substituents is 1. The third-order valence-electron chi connectivity index (χ3n) is 5.29. The van der Waals surface area contributed by atoms with Crippen LogP contribution in [-0.4, -0.2) is 58.6 Å². The first-order valence-electron chi connectivity index (χ1n) is 11.1. The molecule has 0 fully saturated rings. The molecule has 0 aromatic heterocycles. The average molecular weight is 465 g/mol. The van der Waals surface area contributed by atoms with Crippen molar-refractivity contribution >= 4 is 23.7 Å². The molecule has 3 amide bonds. The number of rotatable bonds is 13. The molecule has 0 bridgehead atoms. The molecular weight excluding hydrogens is 428 g/mol. The number of nitrogens with two attached hydrogens (primary N) is 1. The highest BCUT2D eigenvalue weighted by Gasteiger charge is 2.27. The van der Waals surface area contributed by atoms with E-state index in [-0.39, 0.29) is 24.0 Å². The van der Waals surface area contributed by atoms with Crippen molar-refractivity contribution in [1.82, 2.24) is 16.0 Å². The van der Waals surface area contributed by atoms with E-state index in [1.54, 1.807) is 19.1 Å². The first-order chi connectivity index (χ1) is 15.4. The maximum Gasteiger partial charge on any atom is 0.326 e. The van der Waals surface area contributed by atoms with Crippen molar-refractivity contribution in [2.75, 3.05) is 6.54 Å². The van der Waals surface area contributed by atoms with Crippen molar-refractivity contribution in [3.8, 4) is 5.75 Å². The molecule has 0 heterocycles. The van der Waals surface area contributed by atoms with Gasteiger partial charge in [0.05, 0.1) is 12.6 Å². The van der Waals surface area contributed by atoms with Gasteiger partial charge >= 0.3 is 5.97 Å². The number of carbonyl (C=O) groups excluding carboxylic acids is 3. The Labute approximate surface area is 194 Å². The van der Waals surface area contributed by atoms with Gasteiger partial charge in [-0.25, -0.2) is 4.79 Å². The molecular formula is C23H36N4O6. The molecule has 0 spiro atoms. The average Bonchev–Trinajstić information content (AvgIpc) is 2.75. The van der Waals surface area contributed by atoms with Crippen molar-refractivity contribution in [2.24, 2.45) is 17.6 Å². The van der Waals surface area contributed by atoms with Crippen LogP contribution in [0.25, 0.3) is 0 Å². The van der Waals surface area contributed by atoms with E-state index in [2.05, 4.69) is 16.0 Å². The summed E-state index contributed by atoms with van der Waals surface area (Å²) in [6.07, 6.45) is 1.10.